The fourth-order valence-corrected chi connectivity index (χ4v) is 2.95. The van der Waals surface area contributed by atoms with Crippen LogP contribution in [0.5, 0.6) is 0 Å². The van der Waals surface area contributed by atoms with Crippen molar-refractivity contribution in [3.8, 4) is 0 Å². The standard InChI is InChI=1S/C14H13Br2FN2/c1-19(8-9-5-3-2-4-6-9)11-7-10(15)13(17)12(16)14(11)18/h2-7H,8,18H2,1H3. The lowest BCUT2D eigenvalue weighted by atomic mass is 10.2. The van der Waals surface area contributed by atoms with Crippen molar-refractivity contribution in [2.24, 2.45) is 0 Å². The van der Waals surface area contributed by atoms with Crippen LogP contribution < -0.4 is 10.6 Å². The van der Waals surface area contributed by atoms with Gasteiger partial charge >= 0.3 is 0 Å². The Bertz CT molecular complexity index is 588. The topological polar surface area (TPSA) is 29.3 Å². The number of nitrogens with zero attached hydrogens (tertiary/aromatic N) is 1. The number of anilines is 2. The smallest absolute Gasteiger partial charge is 0.153 e. The van der Waals surface area contributed by atoms with Crippen molar-refractivity contribution in [1.82, 2.24) is 0 Å². The molecule has 0 fully saturated rings. The van der Waals surface area contributed by atoms with Crippen molar-refractivity contribution in [1.29, 1.82) is 0 Å². The molecule has 0 amide bonds. The van der Waals surface area contributed by atoms with Crippen LogP contribution in [-0.2, 0) is 6.54 Å². The van der Waals surface area contributed by atoms with Gasteiger partial charge in [-0.2, -0.15) is 0 Å². The fourth-order valence-electron chi connectivity index (χ4n) is 1.85. The van der Waals surface area contributed by atoms with Crippen LogP contribution in [0.1, 0.15) is 5.56 Å². The Morgan fingerprint density at radius 2 is 1.84 bits per heavy atom. The van der Waals surface area contributed by atoms with E-state index in [-0.39, 0.29) is 10.3 Å². The largest absolute Gasteiger partial charge is 0.396 e. The second-order valence-corrected chi connectivity index (χ2v) is 5.91. The predicted molar refractivity (Wildman–Crippen MR) is 84.8 cm³/mol. The van der Waals surface area contributed by atoms with Crippen LogP contribution in [0.25, 0.3) is 0 Å². The first kappa shape index (κ1) is 14.3. The number of hydrogen-bond donors (Lipinski definition) is 1. The van der Waals surface area contributed by atoms with Crippen molar-refractivity contribution in [2.45, 2.75) is 6.54 Å². The second kappa shape index (κ2) is 5.92. The van der Waals surface area contributed by atoms with Crippen molar-refractivity contribution in [3.05, 3.63) is 56.7 Å². The van der Waals surface area contributed by atoms with E-state index in [0.29, 0.717) is 16.7 Å². The first-order valence-corrected chi connectivity index (χ1v) is 7.27. The summed E-state index contributed by atoms with van der Waals surface area (Å²) in [6, 6.07) is 11.7. The molecule has 2 rings (SSSR count). The molecule has 0 aliphatic rings. The SMILES string of the molecule is CN(Cc1ccccc1)c1cc(Br)c(F)c(Br)c1N. The summed E-state index contributed by atoms with van der Waals surface area (Å²) in [4.78, 5) is 1.99. The molecule has 0 atom stereocenters. The van der Waals surface area contributed by atoms with E-state index in [0.717, 1.165) is 5.69 Å². The molecule has 5 heteroatoms. The van der Waals surface area contributed by atoms with Crippen LogP contribution >= 0.6 is 31.9 Å². The molecular weight excluding hydrogens is 375 g/mol. The van der Waals surface area contributed by atoms with Crippen LogP contribution in [0.4, 0.5) is 15.8 Å². The second-order valence-electron chi connectivity index (χ2n) is 4.26. The van der Waals surface area contributed by atoms with E-state index in [1.165, 1.54) is 5.56 Å². The molecule has 0 radical (unpaired) electrons. The average Bonchev–Trinajstić information content (AvgIpc) is 2.41. The van der Waals surface area contributed by atoms with E-state index < -0.39 is 0 Å². The predicted octanol–water partition coefficient (Wildman–Crippen LogP) is 4.57. The Balaban J connectivity index is 2.32. The minimum Gasteiger partial charge on any atom is -0.396 e. The van der Waals surface area contributed by atoms with Gasteiger partial charge in [0.25, 0.3) is 0 Å². The van der Waals surface area contributed by atoms with Crippen molar-refractivity contribution < 1.29 is 4.39 Å². The number of halogens is 3. The van der Waals surface area contributed by atoms with Crippen molar-refractivity contribution in [2.75, 3.05) is 17.7 Å². The van der Waals surface area contributed by atoms with Gasteiger partial charge in [0.05, 0.1) is 20.3 Å². The third kappa shape index (κ3) is 3.09. The zero-order valence-corrected chi connectivity index (χ0v) is 13.5. The highest BCUT2D eigenvalue weighted by molar-refractivity contribution is 9.11. The van der Waals surface area contributed by atoms with Crippen molar-refractivity contribution in [3.63, 3.8) is 0 Å². The Morgan fingerprint density at radius 3 is 2.47 bits per heavy atom. The maximum absolute atomic E-state index is 13.7. The lowest BCUT2D eigenvalue weighted by Gasteiger charge is -2.22. The van der Waals surface area contributed by atoms with E-state index in [4.69, 9.17) is 5.73 Å². The summed E-state index contributed by atoms with van der Waals surface area (Å²) < 4.78 is 14.4. The van der Waals surface area contributed by atoms with Crippen LogP contribution in [0.15, 0.2) is 45.3 Å². The maximum Gasteiger partial charge on any atom is 0.153 e. The quantitative estimate of drug-likeness (QED) is 0.617. The van der Waals surface area contributed by atoms with Crippen LogP contribution in [0.2, 0.25) is 0 Å². The van der Waals surface area contributed by atoms with Crippen molar-refractivity contribution >= 4 is 43.2 Å². The summed E-state index contributed by atoms with van der Waals surface area (Å²) >= 11 is 6.38. The molecule has 0 saturated carbocycles. The summed E-state index contributed by atoms with van der Waals surface area (Å²) in [5, 5.41) is 0. The molecule has 0 bridgehead atoms. The first-order valence-electron chi connectivity index (χ1n) is 5.68. The van der Waals surface area contributed by atoms with Gasteiger partial charge in [-0.3, -0.25) is 0 Å². The molecule has 0 heterocycles. The molecular formula is C14H13Br2FN2. The molecule has 0 aliphatic carbocycles. The van der Waals surface area contributed by atoms with E-state index in [2.05, 4.69) is 31.9 Å². The zero-order chi connectivity index (χ0) is 14.0. The minimum absolute atomic E-state index is 0.289. The van der Waals surface area contributed by atoms with Crippen LogP contribution in [-0.4, -0.2) is 7.05 Å². The van der Waals surface area contributed by atoms with E-state index in [1.807, 2.05) is 42.3 Å². The van der Waals surface area contributed by atoms with Gasteiger partial charge in [0.15, 0.2) is 5.82 Å². The van der Waals surface area contributed by atoms with Gasteiger partial charge in [0.1, 0.15) is 0 Å². The van der Waals surface area contributed by atoms with Gasteiger partial charge in [-0.05, 0) is 43.5 Å². The highest BCUT2D eigenvalue weighted by Crippen LogP contribution is 2.37. The zero-order valence-electron chi connectivity index (χ0n) is 10.3. The van der Waals surface area contributed by atoms with Crippen LogP contribution in [0.3, 0.4) is 0 Å². The Hall–Kier alpha value is -1.07. The van der Waals surface area contributed by atoms with Gasteiger partial charge in [0, 0.05) is 13.6 Å². The van der Waals surface area contributed by atoms with E-state index in [9.17, 15) is 4.39 Å². The molecule has 0 spiro atoms. The van der Waals surface area contributed by atoms with Gasteiger partial charge < -0.3 is 10.6 Å². The normalized spacial score (nSPS) is 10.5. The fraction of sp³-hybridized carbons (Fsp3) is 0.143. The molecule has 0 saturated heterocycles. The highest BCUT2D eigenvalue weighted by Gasteiger charge is 2.15. The Kier molecular flexibility index (Phi) is 4.47. The van der Waals surface area contributed by atoms with Gasteiger partial charge in [-0.1, -0.05) is 30.3 Å². The number of hydrogen-bond acceptors (Lipinski definition) is 2. The molecule has 2 N–H and O–H groups in total. The molecule has 2 aromatic rings. The van der Waals surface area contributed by atoms with Gasteiger partial charge in [-0.15, -0.1) is 0 Å². The summed E-state index contributed by atoms with van der Waals surface area (Å²) in [5.41, 5.74) is 8.31. The molecule has 2 nitrogen and oxygen atoms in total. The molecule has 0 unspecified atom stereocenters. The Morgan fingerprint density at radius 1 is 1.21 bits per heavy atom. The summed E-state index contributed by atoms with van der Waals surface area (Å²) in [5.74, 6) is -0.380. The average molecular weight is 388 g/mol. The number of nitrogen functional groups attached to an aromatic ring is 1. The number of benzene rings is 2. The Labute approximate surface area is 128 Å². The van der Waals surface area contributed by atoms with Gasteiger partial charge in [-0.25, -0.2) is 4.39 Å². The molecule has 0 aliphatic heterocycles. The van der Waals surface area contributed by atoms with Gasteiger partial charge in [0.2, 0.25) is 0 Å². The first-order chi connectivity index (χ1) is 9.00. The summed E-state index contributed by atoms with van der Waals surface area (Å²) in [6.07, 6.45) is 0. The lowest BCUT2D eigenvalue weighted by molar-refractivity contribution is 0.615. The number of nitrogens with two attached hydrogens (primary N) is 1. The summed E-state index contributed by atoms with van der Waals surface area (Å²) in [6.45, 7) is 0.704. The molecule has 100 valence electrons. The molecule has 2 aromatic carbocycles. The maximum atomic E-state index is 13.7. The molecule has 0 aromatic heterocycles. The molecule has 19 heavy (non-hydrogen) atoms. The number of rotatable bonds is 3. The van der Waals surface area contributed by atoms with E-state index >= 15 is 0 Å². The third-order valence-corrected chi connectivity index (χ3v) is 4.20. The highest BCUT2D eigenvalue weighted by atomic mass is 79.9. The monoisotopic (exact) mass is 386 g/mol. The van der Waals surface area contributed by atoms with Crippen LogP contribution in [0, 0.1) is 5.82 Å². The van der Waals surface area contributed by atoms with E-state index in [1.54, 1.807) is 6.07 Å². The lowest BCUT2D eigenvalue weighted by Crippen LogP contribution is -2.18. The third-order valence-electron chi connectivity index (χ3n) is 2.85. The summed E-state index contributed by atoms with van der Waals surface area (Å²) in [7, 11) is 1.93. The minimum atomic E-state index is -0.380.